The van der Waals surface area contributed by atoms with Crippen molar-refractivity contribution in [1.82, 2.24) is 4.90 Å². The van der Waals surface area contributed by atoms with Crippen LogP contribution in [-0.2, 0) is 20.9 Å². The Morgan fingerprint density at radius 3 is 2.64 bits per heavy atom. The molecule has 0 bridgehead atoms. The van der Waals surface area contributed by atoms with E-state index in [1.165, 1.54) is 31.3 Å². The van der Waals surface area contributed by atoms with E-state index in [0.717, 1.165) is 5.56 Å². The van der Waals surface area contributed by atoms with Gasteiger partial charge >= 0.3 is 0 Å². The van der Waals surface area contributed by atoms with Gasteiger partial charge in [0.1, 0.15) is 30.0 Å². The van der Waals surface area contributed by atoms with E-state index in [0.29, 0.717) is 17.2 Å². The lowest BCUT2D eigenvalue weighted by molar-refractivity contribution is -0.154. The summed E-state index contributed by atoms with van der Waals surface area (Å²) >= 11 is 0. The van der Waals surface area contributed by atoms with Gasteiger partial charge in [-0.25, -0.2) is 4.39 Å². The summed E-state index contributed by atoms with van der Waals surface area (Å²) < 4.78 is 28.8. The highest BCUT2D eigenvalue weighted by Gasteiger charge is 2.34. The molecule has 1 aliphatic rings. The highest BCUT2D eigenvalue weighted by molar-refractivity contribution is 5.99. The van der Waals surface area contributed by atoms with Crippen LogP contribution < -0.4 is 14.8 Å². The molecule has 0 radical (unpaired) electrons. The van der Waals surface area contributed by atoms with E-state index in [1.54, 1.807) is 30.3 Å². The third-order valence-electron chi connectivity index (χ3n) is 4.43. The minimum absolute atomic E-state index is 0.0667. The first-order valence-corrected chi connectivity index (χ1v) is 8.66. The lowest BCUT2D eigenvalue weighted by Gasteiger charge is -2.34. The zero-order chi connectivity index (χ0) is 20.1. The Labute approximate surface area is 162 Å². The average Bonchev–Trinajstić information content (AvgIpc) is 2.71. The first-order valence-electron chi connectivity index (χ1n) is 8.66. The van der Waals surface area contributed by atoms with Crippen LogP contribution in [0, 0.1) is 5.82 Å². The largest absolute Gasteiger partial charge is 0.497 e. The molecule has 148 valence electrons. The summed E-state index contributed by atoms with van der Waals surface area (Å²) in [5, 5.41) is 2.77. The number of benzene rings is 2. The van der Waals surface area contributed by atoms with Crippen molar-refractivity contribution < 1.29 is 28.2 Å². The van der Waals surface area contributed by atoms with Crippen molar-refractivity contribution in [3.63, 3.8) is 0 Å². The van der Waals surface area contributed by atoms with Crippen LogP contribution in [0.2, 0.25) is 0 Å². The van der Waals surface area contributed by atoms with Crippen LogP contribution in [0.5, 0.6) is 11.5 Å². The van der Waals surface area contributed by atoms with Crippen molar-refractivity contribution in [2.75, 3.05) is 32.8 Å². The molecule has 1 aliphatic heterocycles. The second kappa shape index (κ2) is 8.71. The predicted molar refractivity (Wildman–Crippen MR) is 99.7 cm³/mol. The van der Waals surface area contributed by atoms with Crippen LogP contribution in [0.25, 0.3) is 0 Å². The van der Waals surface area contributed by atoms with E-state index in [-0.39, 0.29) is 31.5 Å². The molecule has 7 nitrogen and oxygen atoms in total. The van der Waals surface area contributed by atoms with Gasteiger partial charge in [-0.3, -0.25) is 9.59 Å². The molecule has 3 rings (SSSR count). The van der Waals surface area contributed by atoms with Gasteiger partial charge in [-0.05, 0) is 29.8 Å². The molecule has 1 fully saturated rings. The minimum Gasteiger partial charge on any atom is -0.497 e. The number of ether oxygens (including phenoxy) is 3. The van der Waals surface area contributed by atoms with Crippen LogP contribution in [0.4, 0.5) is 10.1 Å². The lowest BCUT2D eigenvalue weighted by atomic mass is 10.1. The highest BCUT2D eigenvalue weighted by Crippen LogP contribution is 2.29. The number of morpholine rings is 1. The third-order valence-corrected chi connectivity index (χ3v) is 4.43. The molecule has 0 aliphatic carbocycles. The highest BCUT2D eigenvalue weighted by atomic mass is 19.1. The SMILES string of the molecule is COc1ccc(NC(=O)C2COCC(=O)N2Cc2ccc(F)cc2)c(OC)c1. The van der Waals surface area contributed by atoms with Crippen molar-refractivity contribution in [3.05, 3.63) is 53.8 Å². The number of nitrogens with zero attached hydrogens (tertiary/aromatic N) is 1. The van der Waals surface area contributed by atoms with E-state index in [9.17, 15) is 14.0 Å². The van der Waals surface area contributed by atoms with Gasteiger partial charge in [0.15, 0.2) is 0 Å². The van der Waals surface area contributed by atoms with Gasteiger partial charge < -0.3 is 24.4 Å². The smallest absolute Gasteiger partial charge is 0.249 e. The Hall–Kier alpha value is -3.13. The summed E-state index contributed by atoms with van der Waals surface area (Å²) in [5.41, 5.74) is 1.17. The van der Waals surface area contributed by atoms with E-state index < -0.39 is 11.9 Å². The number of anilines is 1. The molecular weight excluding hydrogens is 367 g/mol. The van der Waals surface area contributed by atoms with E-state index in [4.69, 9.17) is 14.2 Å². The summed E-state index contributed by atoms with van der Waals surface area (Å²) in [6, 6.07) is 9.98. The average molecular weight is 388 g/mol. The number of methoxy groups -OCH3 is 2. The number of hydrogen-bond donors (Lipinski definition) is 1. The first-order chi connectivity index (χ1) is 13.5. The van der Waals surface area contributed by atoms with Gasteiger partial charge in [0, 0.05) is 12.6 Å². The maximum atomic E-state index is 13.1. The summed E-state index contributed by atoms with van der Waals surface area (Å²) in [6.07, 6.45) is 0. The Balaban J connectivity index is 1.78. The number of rotatable bonds is 6. The second-order valence-corrected chi connectivity index (χ2v) is 6.23. The maximum Gasteiger partial charge on any atom is 0.249 e. The van der Waals surface area contributed by atoms with Gasteiger partial charge in [0.05, 0.1) is 26.5 Å². The predicted octanol–water partition coefficient (Wildman–Crippen LogP) is 2.21. The van der Waals surface area contributed by atoms with Crippen molar-refractivity contribution >= 4 is 17.5 Å². The molecule has 0 saturated carbocycles. The summed E-state index contributed by atoms with van der Waals surface area (Å²) in [6.45, 7) is 0.147. The molecule has 1 saturated heterocycles. The van der Waals surface area contributed by atoms with Gasteiger partial charge in [-0.1, -0.05) is 12.1 Å². The van der Waals surface area contributed by atoms with Crippen molar-refractivity contribution in [2.24, 2.45) is 0 Å². The van der Waals surface area contributed by atoms with Gasteiger partial charge in [-0.15, -0.1) is 0 Å². The van der Waals surface area contributed by atoms with Gasteiger partial charge in [0.2, 0.25) is 11.8 Å². The van der Waals surface area contributed by atoms with Gasteiger partial charge in [0.25, 0.3) is 0 Å². The molecule has 1 N–H and O–H groups in total. The van der Waals surface area contributed by atoms with E-state index in [1.807, 2.05) is 0 Å². The van der Waals surface area contributed by atoms with Crippen LogP contribution in [0.15, 0.2) is 42.5 Å². The van der Waals surface area contributed by atoms with Crippen LogP contribution in [0.1, 0.15) is 5.56 Å². The summed E-state index contributed by atoms with van der Waals surface area (Å²) in [7, 11) is 3.02. The number of halogens is 1. The first kappa shape index (κ1) is 19.6. The molecule has 1 unspecified atom stereocenters. The zero-order valence-electron chi connectivity index (χ0n) is 15.6. The number of carbonyl (C=O) groups is 2. The number of nitrogens with one attached hydrogen (secondary N) is 1. The standard InChI is InChI=1S/C20H21FN2O5/c1-26-15-7-8-16(18(9-15)27-2)22-20(25)17-11-28-12-19(24)23(17)10-13-3-5-14(21)6-4-13/h3-9,17H,10-12H2,1-2H3,(H,22,25). The summed E-state index contributed by atoms with van der Waals surface area (Å²) in [4.78, 5) is 26.6. The number of carbonyl (C=O) groups excluding carboxylic acids is 2. The molecule has 1 heterocycles. The quantitative estimate of drug-likeness (QED) is 0.821. The molecule has 1 atom stereocenters. The van der Waals surface area contributed by atoms with Crippen LogP contribution in [-0.4, -0.2) is 50.2 Å². The summed E-state index contributed by atoms with van der Waals surface area (Å²) in [5.74, 6) is -0.0567. The Morgan fingerprint density at radius 2 is 1.96 bits per heavy atom. The fraction of sp³-hybridized carbons (Fsp3) is 0.300. The molecule has 2 aromatic rings. The minimum atomic E-state index is -0.821. The van der Waals surface area contributed by atoms with Crippen LogP contribution >= 0.6 is 0 Å². The Kier molecular flexibility index (Phi) is 6.10. The fourth-order valence-electron chi connectivity index (χ4n) is 2.92. The van der Waals surface area contributed by atoms with Crippen molar-refractivity contribution in [3.8, 4) is 11.5 Å². The normalized spacial score (nSPS) is 16.6. The van der Waals surface area contributed by atoms with Gasteiger partial charge in [-0.2, -0.15) is 0 Å². The molecule has 2 aromatic carbocycles. The molecule has 0 aromatic heterocycles. The maximum absolute atomic E-state index is 13.1. The molecule has 0 spiro atoms. The van der Waals surface area contributed by atoms with Crippen molar-refractivity contribution in [1.29, 1.82) is 0 Å². The monoisotopic (exact) mass is 388 g/mol. The Morgan fingerprint density at radius 1 is 1.21 bits per heavy atom. The number of amides is 2. The fourth-order valence-corrected chi connectivity index (χ4v) is 2.92. The lowest BCUT2D eigenvalue weighted by Crippen LogP contribution is -2.54. The third kappa shape index (κ3) is 4.40. The molecule has 28 heavy (non-hydrogen) atoms. The number of hydrogen-bond acceptors (Lipinski definition) is 5. The molecule has 2 amide bonds. The van der Waals surface area contributed by atoms with Crippen molar-refractivity contribution in [2.45, 2.75) is 12.6 Å². The molecule has 8 heteroatoms. The van der Waals surface area contributed by atoms with Crippen LogP contribution in [0.3, 0.4) is 0 Å². The molecular formula is C20H21FN2O5. The zero-order valence-corrected chi connectivity index (χ0v) is 15.6. The van der Waals surface area contributed by atoms with E-state index in [2.05, 4.69) is 5.32 Å². The van der Waals surface area contributed by atoms with E-state index >= 15 is 0 Å². The second-order valence-electron chi connectivity index (χ2n) is 6.23. The topological polar surface area (TPSA) is 77.1 Å². The Bertz CT molecular complexity index is 856.